The van der Waals surface area contributed by atoms with Crippen molar-refractivity contribution in [1.29, 1.82) is 0 Å². The number of carbonyl (C=O) groups is 1. The average Bonchev–Trinajstić information content (AvgIpc) is 3.62. The molecule has 7 heteroatoms. The third-order valence-electron chi connectivity index (χ3n) is 9.83. The summed E-state index contributed by atoms with van der Waals surface area (Å²) in [6, 6.07) is 11.1. The predicted molar refractivity (Wildman–Crippen MR) is 139 cm³/mol. The summed E-state index contributed by atoms with van der Waals surface area (Å²) in [6.07, 6.45) is 4.80. The van der Waals surface area contributed by atoms with Crippen molar-refractivity contribution < 1.29 is 24.5 Å². The summed E-state index contributed by atoms with van der Waals surface area (Å²) in [5, 5.41) is 23.6. The highest BCUT2D eigenvalue weighted by molar-refractivity contribution is 5.94. The third kappa shape index (κ3) is 3.10. The Bertz CT molecular complexity index is 1260. The zero-order valence-electron chi connectivity index (χ0n) is 21.7. The maximum Gasteiger partial charge on any atom is 0.224 e. The molecule has 196 valence electrons. The maximum atomic E-state index is 13.3. The number of nitrogens with zero attached hydrogens (tertiary/aromatic N) is 2. The topological polar surface area (TPSA) is 82.5 Å². The number of likely N-dealkylation sites (tertiary alicyclic amines) is 1. The van der Waals surface area contributed by atoms with E-state index in [4.69, 9.17) is 9.47 Å². The van der Waals surface area contributed by atoms with Crippen LogP contribution in [-0.2, 0) is 16.6 Å². The standard InChI is InChI=1S/C30H36N2O5/c1-3-36-24-7-5-4-6-21(24)32(18(2)33)22-12-13-30(35)25-16-20-10-11-23(34)27-26(20)29(30,28(22)37-27)14-15-31(25)17-19-8-9-19/h4-7,10-11,19,22,25,28,34-35H,3,8-9,12-17H2,1-2H3/t22-,25-,28+,29+,30-/m1/s1. The second-order valence-electron chi connectivity index (χ2n) is 11.7. The highest BCUT2D eigenvalue weighted by atomic mass is 16.5. The lowest BCUT2D eigenvalue weighted by Crippen LogP contribution is -2.78. The van der Waals surface area contributed by atoms with Crippen LogP contribution < -0.4 is 14.4 Å². The summed E-state index contributed by atoms with van der Waals surface area (Å²) in [5.41, 5.74) is 1.22. The summed E-state index contributed by atoms with van der Waals surface area (Å²) in [5.74, 6) is 1.94. The van der Waals surface area contributed by atoms with Gasteiger partial charge < -0.3 is 24.6 Å². The molecule has 2 heterocycles. The van der Waals surface area contributed by atoms with E-state index in [-0.39, 0.29) is 23.7 Å². The van der Waals surface area contributed by atoms with Crippen molar-refractivity contribution in [3.63, 3.8) is 0 Å². The number of para-hydroxylation sites is 2. The average molecular weight is 505 g/mol. The molecule has 7 nitrogen and oxygen atoms in total. The van der Waals surface area contributed by atoms with Gasteiger partial charge in [-0.1, -0.05) is 18.2 Å². The Kier molecular flexibility index (Phi) is 5.12. The van der Waals surface area contributed by atoms with Gasteiger partial charge in [-0.3, -0.25) is 9.69 Å². The number of rotatable bonds is 6. The molecule has 0 aromatic heterocycles. The van der Waals surface area contributed by atoms with E-state index in [1.807, 2.05) is 42.2 Å². The van der Waals surface area contributed by atoms with Gasteiger partial charge in [0.25, 0.3) is 0 Å². The first-order valence-electron chi connectivity index (χ1n) is 13.9. The molecule has 2 saturated carbocycles. The van der Waals surface area contributed by atoms with Gasteiger partial charge in [-0.05, 0) is 81.7 Å². The normalized spacial score (nSPS) is 33.4. The van der Waals surface area contributed by atoms with Crippen LogP contribution in [0, 0.1) is 5.92 Å². The molecule has 3 aliphatic carbocycles. The highest BCUT2D eigenvalue weighted by Crippen LogP contribution is 2.66. The molecule has 3 fully saturated rings. The molecule has 1 amide bonds. The van der Waals surface area contributed by atoms with Crippen molar-refractivity contribution in [3.8, 4) is 17.2 Å². The fourth-order valence-electron chi connectivity index (χ4n) is 8.24. The molecule has 1 saturated heterocycles. The van der Waals surface area contributed by atoms with Gasteiger partial charge in [-0.15, -0.1) is 0 Å². The molecule has 2 aliphatic heterocycles. The summed E-state index contributed by atoms with van der Waals surface area (Å²) in [6.45, 7) is 5.96. The zero-order chi connectivity index (χ0) is 25.5. The Labute approximate surface area is 218 Å². The van der Waals surface area contributed by atoms with Gasteiger partial charge in [0, 0.05) is 25.1 Å². The molecule has 1 spiro atoms. The fourth-order valence-corrected chi connectivity index (χ4v) is 8.24. The number of aliphatic hydroxyl groups is 1. The Morgan fingerprint density at radius 2 is 2.00 bits per heavy atom. The molecule has 5 aliphatic rings. The molecule has 0 unspecified atom stereocenters. The van der Waals surface area contributed by atoms with E-state index in [9.17, 15) is 15.0 Å². The minimum atomic E-state index is -0.977. The number of carbonyl (C=O) groups excluding carboxylic acids is 1. The molecule has 37 heavy (non-hydrogen) atoms. The number of anilines is 1. The van der Waals surface area contributed by atoms with E-state index in [0.29, 0.717) is 30.9 Å². The zero-order valence-corrected chi connectivity index (χ0v) is 21.7. The van der Waals surface area contributed by atoms with Crippen LogP contribution in [0.15, 0.2) is 36.4 Å². The lowest BCUT2D eigenvalue weighted by molar-refractivity contribution is -0.190. The lowest BCUT2D eigenvalue weighted by Gasteiger charge is -2.64. The van der Waals surface area contributed by atoms with Gasteiger partial charge in [0.15, 0.2) is 11.5 Å². The van der Waals surface area contributed by atoms with Crippen molar-refractivity contribution in [2.75, 3.05) is 24.6 Å². The number of aromatic hydroxyl groups is 1. The first-order valence-corrected chi connectivity index (χ1v) is 13.9. The summed E-state index contributed by atoms with van der Waals surface area (Å²) >= 11 is 0. The molecular weight excluding hydrogens is 468 g/mol. The largest absolute Gasteiger partial charge is 0.504 e. The molecule has 2 aromatic rings. The van der Waals surface area contributed by atoms with Crippen LogP contribution >= 0.6 is 0 Å². The number of amides is 1. The van der Waals surface area contributed by atoms with Crippen molar-refractivity contribution in [2.24, 2.45) is 5.92 Å². The van der Waals surface area contributed by atoms with Crippen LogP contribution in [0.25, 0.3) is 0 Å². The first-order chi connectivity index (χ1) is 17.9. The maximum absolute atomic E-state index is 13.3. The fraction of sp³-hybridized carbons (Fsp3) is 0.567. The Morgan fingerprint density at radius 3 is 2.76 bits per heavy atom. The molecule has 2 bridgehead atoms. The van der Waals surface area contributed by atoms with E-state index in [1.54, 1.807) is 13.0 Å². The lowest BCUT2D eigenvalue weighted by atomic mass is 9.48. The van der Waals surface area contributed by atoms with Crippen LogP contribution in [0.4, 0.5) is 5.69 Å². The summed E-state index contributed by atoms with van der Waals surface area (Å²) < 4.78 is 12.6. The minimum absolute atomic E-state index is 0.0124. The number of hydrogen-bond donors (Lipinski definition) is 2. The van der Waals surface area contributed by atoms with Crippen LogP contribution in [0.5, 0.6) is 17.2 Å². The number of ether oxygens (including phenoxy) is 2. The summed E-state index contributed by atoms with van der Waals surface area (Å²) in [7, 11) is 0. The monoisotopic (exact) mass is 504 g/mol. The predicted octanol–water partition coefficient (Wildman–Crippen LogP) is 3.78. The quantitative estimate of drug-likeness (QED) is 0.623. The molecule has 5 atom stereocenters. The number of phenols is 1. The molecule has 2 aromatic carbocycles. The van der Waals surface area contributed by atoms with Crippen LogP contribution in [-0.4, -0.2) is 64.5 Å². The van der Waals surface area contributed by atoms with Crippen molar-refractivity contribution in [2.45, 2.75) is 81.6 Å². The molecule has 7 rings (SSSR count). The van der Waals surface area contributed by atoms with Gasteiger partial charge in [-0.25, -0.2) is 0 Å². The van der Waals surface area contributed by atoms with Crippen LogP contribution in [0.1, 0.15) is 57.1 Å². The van der Waals surface area contributed by atoms with Crippen molar-refractivity contribution >= 4 is 11.6 Å². The third-order valence-corrected chi connectivity index (χ3v) is 9.83. The van der Waals surface area contributed by atoms with E-state index < -0.39 is 17.1 Å². The van der Waals surface area contributed by atoms with Gasteiger partial charge in [-0.2, -0.15) is 0 Å². The van der Waals surface area contributed by atoms with Crippen molar-refractivity contribution in [3.05, 3.63) is 47.5 Å². The Balaban J connectivity index is 1.37. The Morgan fingerprint density at radius 1 is 1.19 bits per heavy atom. The second-order valence-corrected chi connectivity index (χ2v) is 11.7. The molecular formula is C30H36N2O5. The molecule has 0 radical (unpaired) electrons. The minimum Gasteiger partial charge on any atom is -0.504 e. The number of piperidine rings is 1. The number of phenolic OH excluding ortho intramolecular Hbond substituents is 1. The highest BCUT2D eigenvalue weighted by Gasteiger charge is 2.73. The van der Waals surface area contributed by atoms with E-state index in [2.05, 4.69) is 4.90 Å². The van der Waals surface area contributed by atoms with Gasteiger partial charge in [0.1, 0.15) is 11.9 Å². The smallest absolute Gasteiger partial charge is 0.224 e. The van der Waals surface area contributed by atoms with E-state index in [0.717, 1.165) is 48.7 Å². The van der Waals surface area contributed by atoms with E-state index >= 15 is 0 Å². The number of benzene rings is 2. The Hall–Kier alpha value is -2.77. The SMILES string of the molecule is CCOc1ccccc1N(C(C)=O)[C@@H]1CC[C@@]2(O)[C@H]3Cc4ccc(O)c5c4[C@@]2(CCN3CC2CC2)[C@H]1O5. The van der Waals surface area contributed by atoms with E-state index in [1.165, 1.54) is 12.8 Å². The summed E-state index contributed by atoms with van der Waals surface area (Å²) in [4.78, 5) is 17.7. The van der Waals surface area contributed by atoms with Gasteiger partial charge in [0.2, 0.25) is 5.91 Å². The first kappa shape index (κ1) is 23.4. The molecule has 2 N–H and O–H groups in total. The second kappa shape index (κ2) is 8.11. The number of hydrogen-bond acceptors (Lipinski definition) is 6. The van der Waals surface area contributed by atoms with Gasteiger partial charge >= 0.3 is 0 Å². The van der Waals surface area contributed by atoms with Crippen LogP contribution in [0.3, 0.4) is 0 Å². The van der Waals surface area contributed by atoms with Crippen molar-refractivity contribution in [1.82, 2.24) is 4.90 Å². The van der Waals surface area contributed by atoms with Crippen LogP contribution in [0.2, 0.25) is 0 Å². The van der Waals surface area contributed by atoms with Gasteiger partial charge in [0.05, 0.1) is 29.4 Å².